The smallest absolute Gasteiger partial charge is 0.339 e. The van der Waals surface area contributed by atoms with E-state index < -0.39 is 5.97 Å². The standard InChI is InChI=1S/C16H20O3/c1-8-2-13(16(17)18)15(19-8)14-11-4-9-3-10(6-11)7-12(14)5-9/h2,9-12,14H,3-7H2,1H3,(H,17,18). The monoisotopic (exact) mass is 260 g/mol. The molecule has 3 heteroatoms. The quantitative estimate of drug-likeness (QED) is 0.879. The molecule has 4 fully saturated rings. The van der Waals surface area contributed by atoms with Gasteiger partial charge < -0.3 is 9.52 Å². The molecule has 0 amide bonds. The van der Waals surface area contributed by atoms with E-state index in [1.807, 2.05) is 6.92 Å². The maximum Gasteiger partial charge on any atom is 0.339 e. The van der Waals surface area contributed by atoms with Crippen LogP contribution in [0.25, 0.3) is 0 Å². The molecule has 19 heavy (non-hydrogen) atoms. The van der Waals surface area contributed by atoms with Crippen molar-refractivity contribution in [3.63, 3.8) is 0 Å². The summed E-state index contributed by atoms with van der Waals surface area (Å²) in [5, 5.41) is 9.37. The Bertz CT molecular complexity index is 500. The van der Waals surface area contributed by atoms with Crippen molar-refractivity contribution in [1.29, 1.82) is 0 Å². The summed E-state index contributed by atoms with van der Waals surface area (Å²) in [6.07, 6.45) is 6.57. The average Bonchev–Trinajstić information content (AvgIpc) is 2.70. The van der Waals surface area contributed by atoms with Crippen LogP contribution in [0.4, 0.5) is 0 Å². The first kappa shape index (κ1) is 11.6. The molecule has 1 aromatic heterocycles. The summed E-state index contributed by atoms with van der Waals surface area (Å²) >= 11 is 0. The van der Waals surface area contributed by atoms with E-state index in [1.165, 1.54) is 32.1 Å². The second-order valence-electron chi connectivity index (χ2n) is 6.90. The zero-order valence-corrected chi connectivity index (χ0v) is 11.3. The number of furan rings is 1. The van der Waals surface area contributed by atoms with Gasteiger partial charge in [-0.1, -0.05) is 0 Å². The molecule has 0 unspecified atom stereocenters. The van der Waals surface area contributed by atoms with Gasteiger partial charge >= 0.3 is 5.97 Å². The fourth-order valence-corrected chi connectivity index (χ4v) is 5.30. The van der Waals surface area contributed by atoms with Crippen LogP contribution < -0.4 is 0 Å². The molecule has 1 N–H and O–H groups in total. The van der Waals surface area contributed by atoms with E-state index in [-0.39, 0.29) is 0 Å². The molecule has 102 valence electrons. The van der Waals surface area contributed by atoms with Gasteiger partial charge in [-0.2, -0.15) is 0 Å². The topological polar surface area (TPSA) is 50.4 Å². The number of carboxylic acids is 1. The summed E-state index contributed by atoms with van der Waals surface area (Å²) in [5.41, 5.74) is 0.412. The van der Waals surface area contributed by atoms with Crippen molar-refractivity contribution in [2.24, 2.45) is 23.7 Å². The van der Waals surface area contributed by atoms with Gasteiger partial charge in [0.15, 0.2) is 0 Å². The van der Waals surface area contributed by atoms with E-state index >= 15 is 0 Å². The fraction of sp³-hybridized carbons (Fsp3) is 0.688. The van der Waals surface area contributed by atoms with Crippen LogP contribution in [0.5, 0.6) is 0 Å². The van der Waals surface area contributed by atoms with Gasteiger partial charge in [-0.3, -0.25) is 0 Å². The minimum atomic E-state index is -0.833. The molecule has 1 aromatic rings. The zero-order valence-electron chi connectivity index (χ0n) is 11.3. The lowest BCUT2D eigenvalue weighted by atomic mass is 9.51. The summed E-state index contributed by atoms with van der Waals surface area (Å²) in [5.74, 6) is 4.19. The van der Waals surface area contributed by atoms with Crippen molar-refractivity contribution in [2.45, 2.75) is 44.9 Å². The van der Waals surface area contributed by atoms with Crippen LogP contribution in [-0.4, -0.2) is 11.1 Å². The maximum absolute atomic E-state index is 11.4. The third-order valence-electron chi connectivity index (χ3n) is 5.64. The SMILES string of the molecule is Cc1cc(C(=O)O)c(C2C3CC4CC(C3)CC2C4)o1. The molecular weight excluding hydrogens is 240 g/mol. The van der Waals surface area contributed by atoms with Crippen LogP contribution in [-0.2, 0) is 0 Å². The zero-order chi connectivity index (χ0) is 13.1. The molecule has 0 saturated heterocycles. The Labute approximate surface area is 113 Å². The van der Waals surface area contributed by atoms with Crippen molar-refractivity contribution in [3.05, 3.63) is 23.2 Å². The molecule has 1 heterocycles. The predicted molar refractivity (Wildman–Crippen MR) is 70.2 cm³/mol. The molecule has 3 nitrogen and oxygen atoms in total. The number of hydrogen-bond donors (Lipinski definition) is 1. The van der Waals surface area contributed by atoms with Gasteiger partial charge in [0, 0.05) is 5.92 Å². The molecule has 0 spiro atoms. The number of aryl methyl sites for hydroxylation is 1. The number of carbonyl (C=O) groups is 1. The number of aromatic carboxylic acids is 1. The Balaban J connectivity index is 1.74. The van der Waals surface area contributed by atoms with Gasteiger partial charge in [-0.15, -0.1) is 0 Å². The Kier molecular flexibility index (Phi) is 2.36. The average molecular weight is 260 g/mol. The Morgan fingerprint density at radius 2 is 1.74 bits per heavy atom. The number of hydrogen-bond acceptors (Lipinski definition) is 2. The first-order chi connectivity index (χ1) is 9.11. The molecule has 0 aromatic carbocycles. The first-order valence-corrected chi connectivity index (χ1v) is 7.45. The Morgan fingerprint density at radius 1 is 1.16 bits per heavy atom. The van der Waals surface area contributed by atoms with Crippen LogP contribution in [0.1, 0.15) is 59.9 Å². The van der Waals surface area contributed by atoms with Gasteiger partial charge in [-0.25, -0.2) is 4.79 Å². The van der Waals surface area contributed by atoms with Crippen LogP contribution in [0, 0.1) is 30.6 Å². The van der Waals surface area contributed by atoms with Crippen LogP contribution in [0.3, 0.4) is 0 Å². The van der Waals surface area contributed by atoms with E-state index in [2.05, 4.69) is 0 Å². The van der Waals surface area contributed by atoms with Crippen molar-refractivity contribution in [2.75, 3.05) is 0 Å². The van der Waals surface area contributed by atoms with E-state index in [0.717, 1.165) is 23.4 Å². The summed E-state index contributed by atoms with van der Waals surface area (Å²) < 4.78 is 5.82. The largest absolute Gasteiger partial charge is 0.478 e. The molecule has 4 aliphatic rings. The van der Waals surface area contributed by atoms with Crippen molar-refractivity contribution in [1.82, 2.24) is 0 Å². The lowest BCUT2D eigenvalue weighted by Gasteiger charge is -2.53. The minimum Gasteiger partial charge on any atom is -0.478 e. The third kappa shape index (κ3) is 1.67. The lowest BCUT2D eigenvalue weighted by molar-refractivity contribution is -0.0103. The van der Waals surface area contributed by atoms with Gasteiger partial charge in [0.05, 0.1) is 0 Å². The normalized spacial score (nSPS) is 39.7. The Morgan fingerprint density at radius 3 is 2.26 bits per heavy atom. The van der Waals surface area contributed by atoms with Gasteiger partial charge in [-0.05, 0) is 68.8 Å². The molecule has 4 saturated carbocycles. The molecule has 4 aliphatic carbocycles. The lowest BCUT2D eigenvalue weighted by Crippen LogP contribution is -2.44. The van der Waals surface area contributed by atoms with Crippen molar-refractivity contribution in [3.8, 4) is 0 Å². The molecule has 0 aliphatic heterocycles. The summed E-state index contributed by atoms with van der Waals surface area (Å²) in [7, 11) is 0. The van der Waals surface area contributed by atoms with E-state index in [4.69, 9.17) is 4.42 Å². The van der Waals surface area contributed by atoms with Crippen molar-refractivity contribution >= 4 is 5.97 Å². The third-order valence-corrected chi connectivity index (χ3v) is 5.64. The van der Waals surface area contributed by atoms with Crippen LogP contribution in [0.15, 0.2) is 10.5 Å². The highest BCUT2D eigenvalue weighted by molar-refractivity contribution is 5.89. The van der Waals surface area contributed by atoms with E-state index in [9.17, 15) is 9.90 Å². The summed E-state index contributed by atoms with van der Waals surface area (Å²) in [6.45, 7) is 1.85. The number of rotatable bonds is 2. The van der Waals surface area contributed by atoms with E-state index in [0.29, 0.717) is 23.3 Å². The highest BCUT2D eigenvalue weighted by Gasteiger charge is 2.50. The minimum absolute atomic E-state index is 0.368. The summed E-state index contributed by atoms with van der Waals surface area (Å²) in [4.78, 5) is 11.4. The fourth-order valence-electron chi connectivity index (χ4n) is 5.30. The molecule has 5 rings (SSSR count). The van der Waals surface area contributed by atoms with Crippen LogP contribution >= 0.6 is 0 Å². The maximum atomic E-state index is 11.4. The predicted octanol–water partition coefficient (Wildman–Crippen LogP) is 3.83. The van der Waals surface area contributed by atoms with Crippen molar-refractivity contribution < 1.29 is 14.3 Å². The molecule has 4 bridgehead atoms. The van der Waals surface area contributed by atoms with Gasteiger partial charge in [0.1, 0.15) is 17.1 Å². The second-order valence-corrected chi connectivity index (χ2v) is 6.90. The highest BCUT2D eigenvalue weighted by Crippen LogP contribution is 2.60. The number of carboxylic acid groups (broad SMARTS) is 1. The molecular formula is C16H20O3. The van der Waals surface area contributed by atoms with E-state index in [1.54, 1.807) is 6.07 Å². The first-order valence-electron chi connectivity index (χ1n) is 7.45. The van der Waals surface area contributed by atoms with Gasteiger partial charge in [0.2, 0.25) is 0 Å². The molecule has 0 atom stereocenters. The van der Waals surface area contributed by atoms with Gasteiger partial charge in [0.25, 0.3) is 0 Å². The molecule has 0 radical (unpaired) electrons. The highest BCUT2D eigenvalue weighted by atomic mass is 16.4. The second kappa shape index (κ2) is 3.87. The summed E-state index contributed by atoms with van der Waals surface area (Å²) in [6, 6.07) is 1.70. The Hall–Kier alpha value is -1.25. The van der Waals surface area contributed by atoms with Crippen LogP contribution in [0.2, 0.25) is 0 Å².